The first kappa shape index (κ1) is 9.80. The molecule has 0 aromatic heterocycles. The third-order valence-electron chi connectivity index (χ3n) is 1.83. The van der Waals surface area contributed by atoms with Crippen molar-refractivity contribution in [2.24, 2.45) is 0 Å². The topological polar surface area (TPSA) is 38.3 Å². The fraction of sp³-hybridized carbons (Fsp3) is 0.222. The van der Waals surface area contributed by atoms with Crippen LogP contribution < -0.4 is 10.7 Å². The lowest BCUT2D eigenvalue weighted by molar-refractivity contribution is -0.121. The summed E-state index contributed by atoms with van der Waals surface area (Å²) in [6, 6.07) is 7.82. The van der Waals surface area contributed by atoms with Gasteiger partial charge in [0, 0.05) is 0 Å². The van der Waals surface area contributed by atoms with E-state index in [1.165, 1.54) is 5.56 Å². The van der Waals surface area contributed by atoms with E-state index in [1.807, 2.05) is 31.2 Å². The summed E-state index contributed by atoms with van der Waals surface area (Å²) in [5.41, 5.74) is 2.13. The Bertz CT molecular complexity index is 273. The molecule has 0 saturated carbocycles. The van der Waals surface area contributed by atoms with Crippen molar-refractivity contribution in [1.29, 1.82) is 0 Å². The van der Waals surface area contributed by atoms with Crippen LogP contribution in [0.5, 0.6) is 0 Å². The summed E-state index contributed by atoms with van der Waals surface area (Å²) >= 11 is 0. The molecule has 0 bridgehead atoms. The molecular formula is C9H12BNO2. The van der Waals surface area contributed by atoms with Gasteiger partial charge in [0.25, 0.3) is 6.47 Å². The van der Waals surface area contributed by atoms with Gasteiger partial charge in [-0.1, -0.05) is 29.8 Å². The number of hydrogen-bond acceptors (Lipinski definition) is 3. The van der Waals surface area contributed by atoms with Gasteiger partial charge in [0.05, 0.1) is 0 Å². The zero-order valence-corrected chi connectivity index (χ0v) is 7.78. The van der Waals surface area contributed by atoms with Gasteiger partial charge in [-0.25, -0.2) is 0 Å². The zero-order chi connectivity index (χ0) is 9.68. The fourth-order valence-corrected chi connectivity index (χ4v) is 1.11. The first-order valence-corrected chi connectivity index (χ1v) is 4.11. The van der Waals surface area contributed by atoms with Gasteiger partial charge in [0.2, 0.25) is 0 Å². The average Bonchev–Trinajstić information content (AvgIpc) is 2.16. The van der Waals surface area contributed by atoms with Crippen LogP contribution >= 0.6 is 0 Å². The van der Waals surface area contributed by atoms with Crippen LogP contribution in [-0.2, 0) is 9.45 Å². The largest absolute Gasteiger partial charge is 0.518 e. The second-order valence-electron chi connectivity index (χ2n) is 2.81. The Morgan fingerprint density at radius 1 is 1.38 bits per heavy atom. The summed E-state index contributed by atoms with van der Waals surface area (Å²) in [6.45, 7) is 2.46. The van der Waals surface area contributed by atoms with E-state index in [4.69, 9.17) is 4.65 Å². The summed E-state index contributed by atoms with van der Waals surface area (Å²) in [6.07, 6.45) is 0. The van der Waals surface area contributed by atoms with Crippen LogP contribution in [0.25, 0.3) is 0 Å². The molecule has 0 unspecified atom stereocenters. The Kier molecular flexibility index (Phi) is 3.52. The highest BCUT2D eigenvalue weighted by Crippen LogP contribution is 1.94. The van der Waals surface area contributed by atoms with Crippen molar-refractivity contribution in [3.05, 3.63) is 29.8 Å². The minimum Gasteiger partial charge on any atom is -0.518 e. The Hall–Kier alpha value is -1.29. The van der Waals surface area contributed by atoms with E-state index < -0.39 is 0 Å². The molecule has 1 rings (SSSR count). The van der Waals surface area contributed by atoms with Gasteiger partial charge in [-0.15, -0.1) is 0 Å². The summed E-state index contributed by atoms with van der Waals surface area (Å²) in [5, 5.41) is 2.89. The molecule has 68 valence electrons. The third-order valence-corrected chi connectivity index (χ3v) is 1.83. The van der Waals surface area contributed by atoms with Crippen LogP contribution in [-0.4, -0.2) is 20.6 Å². The minimum absolute atomic E-state index is 0.349. The number of nitrogens with one attached hydrogen (secondary N) is 1. The summed E-state index contributed by atoms with van der Waals surface area (Å²) in [5.74, 6) is 0. The van der Waals surface area contributed by atoms with E-state index in [1.54, 1.807) is 7.05 Å². The van der Waals surface area contributed by atoms with Crippen LogP contribution in [0.1, 0.15) is 5.56 Å². The van der Waals surface area contributed by atoms with Crippen LogP contribution in [0.3, 0.4) is 0 Å². The van der Waals surface area contributed by atoms with Crippen molar-refractivity contribution in [2.75, 3.05) is 7.05 Å². The van der Waals surface area contributed by atoms with Gasteiger partial charge < -0.3 is 9.88 Å². The standard InChI is InChI=1S/C9H12BNO2/c1-8-3-5-9(6-4-8)10(11-2)13-7-12/h3-7,11H,1-2H3. The molecule has 0 radical (unpaired) electrons. The molecule has 4 heteroatoms. The molecule has 0 heterocycles. The highest BCUT2D eigenvalue weighted by atomic mass is 16.5. The number of carbonyl (C=O) groups excluding carboxylic acids is 1. The highest BCUT2D eigenvalue weighted by Gasteiger charge is 2.17. The van der Waals surface area contributed by atoms with E-state index in [2.05, 4.69) is 5.23 Å². The van der Waals surface area contributed by atoms with Gasteiger partial charge in [0.1, 0.15) is 0 Å². The van der Waals surface area contributed by atoms with Crippen molar-refractivity contribution in [3.63, 3.8) is 0 Å². The lowest BCUT2D eigenvalue weighted by Crippen LogP contribution is -2.45. The molecule has 0 fully saturated rings. The quantitative estimate of drug-likeness (QED) is 0.522. The molecule has 0 saturated heterocycles. The van der Waals surface area contributed by atoms with Crippen molar-refractivity contribution < 1.29 is 9.45 Å². The van der Waals surface area contributed by atoms with Gasteiger partial charge in [-0.05, 0) is 19.4 Å². The molecule has 1 N–H and O–H groups in total. The molecule has 0 aliphatic heterocycles. The third kappa shape index (κ3) is 2.59. The van der Waals surface area contributed by atoms with E-state index in [-0.39, 0.29) is 7.05 Å². The Labute approximate surface area is 78.2 Å². The fourth-order valence-electron chi connectivity index (χ4n) is 1.11. The molecular weight excluding hydrogens is 165 g/mol. The van der Waals surface area contributed by atoms with Gasteiger partial charge >= 0.3 is 7.05 Å². The van der Waals surface area contributed by atoms with Crippen LogP contribution in [0.2, 0.25) is 0 Å². The van der Waals surface area contributed by atoms with E-state index >= 15 is 0 Å². The lowest BCUT2D eigenvalue weighted by atomic mass is 9.74. The molecule has 3 nitrogen and oxygen atoms in total. The minimum atomic E-state index is -0.349. The number of rotatable bonds is 4. The van der Waals surface area contributed by atoms with E-state index in [0.29, 0.717) is 6.47 Å². The Morgan fingerprint density at radius 3 is 2.46 bits per heavy atom. The van der Waals surface area contributed by atoms with E-state index in [0.717, 1.165) is 5.46 Å². The van der Waals surface area contributed by atoms with Crippen molar-refractivity contribution >= 4 is 19.0 Å². The number of aryl methyl sites for hydroxylation is 1. The van der Waals surface area contributed by atoms with E-state index in [9.17, 15) is 4.79 Å². The monoisotopic (exact) mass is 177 g/mol. The Morgan fingerprint density at radius 2 is 2.00 bits per heavy atom. The second-order valence-corrected chi connectivity index (χ2v) is 2.81. The SMILES string of the molecule is CNB(OC=O)c1ccc(C)cc1. The summed E-state index contributed by atoms with van der Waals surface area (Å²) in [4.78, 5) is 10.2. The smallest absolute Gasteiger partial charge is 0.484 e. The molecule has 0 spiro atoms. The molecule has 0 atom stereocenters. The molecule has 1 aromatic rings. The lowest BCUT2D eigenvalue weighted by Gasteiger charge is -2.08. The maximum atomic E-state index is 10.2. The summed E-state index contributed by atoms with van der Waals surface area (Å²) in [7, 11) is 1.40. The van der Waals surface area contributed by atoms with Crippen molar-refractivity contribution in [1.82, 2.24) is 5.23 Å². The highest BCUT2D eigenvalue weighted by molar-refractivity contribution is 6.65. The average molecular weight is 177 g/mol. The number of carbonyl (C=O) groups is 1. The normalized spacial score (nSPS) is 9.38. The van der Waals surface area contributed by atoms with Crippen molar-refractivity contribution in [2.45, 2.75) is 6.92 Å². The maximum Gasteiger partial charge on any atom is 0.484 e. The predicted molar refractivity (Wildman–Crippen MR) is 52.8 cm³/mol. The predicted octanol–water partition coefficient (Wildman–Crippen LogP) is 0.0826. The molecule has 0 aliphatic carbocycles. The first-order chi connectivity index (χ1) is 6.27. The maximum absolute atomic E-state index is 10.2. The molecule has 0 amide bonds. The first-order valence-electron chi connectivity index (χ1n) is 4.11. The number of hydrogen-bond donors (Lipinski definition) is 1. The second kappa shape index (κ2) is 4.67. The van der Waals surface area contributed by atoms with Gasteiger partial charge in [-0.3, -0.25) is 4.79 Å². The van der Waals surface area contributed by atoms with Gasteiger partial charge in [-0.2, -0.15) is 0 Å². The van der Waals surface area contributed by atoms with Crippen LogP contribution in [0, 0.1) is 6.92 Å². The Balaban J connectivity index is 2.78. The van der Waals surface area contributed by atoms with Crippen molar-refractivity contribution in [3.8, 4) is 0 Å². The summed E-state index contributed by atoms with van der Waals surface area (Å²) < 4.78 is 4.83. The molecule has 1 aromatic carbocycles. The number of benzene rings is 1. The molecule has 0 aliphatic rings. The van der Waals surface area contributed by atoms with Crippen LogP contribution in [0.4, 0.5) is 0 Å². The van der Waals surface area contributed by atoms with Crippen LogP contribution in [0.15, 0.2) is 24.3 Å². The van der Waals surface area contributed by atoms with Gasteiger partial charge in [0.15, 0.2) is 0 Å². The zero-order valence-electron chi connectivity index (χ0n) is 7.78. The molecule has 13 heavy (non-hydrogen) atoms.